The van der Waals surface area contributed by atoms with E-state index in [-0.39, 0.29) is 24.3 Å². The van der Waals surface area contributed by atoms with Crippen molar-refractivity contribution in [3.8, 4) is 0 Å². The molecule has 25 heavy (non-hydrogen) atoms. The summed E-state index contributed by atoms with van der Waals surface area (Å²) in [4.78, 5) is 0. The average Bonchev–Trinajstić information content (AvgIpc) is 3.16. The molecule has 0 saturated heterocycles. The zero-order valence-corrected chi connectivity index (χ0v) is 18.3. The molecule has 4 rings (SSSR count). The number of halogens is 2. The van der Waals surface area contributed by atoms with E-state index in [1.54, 1.807) is 0 Å². The second-order valence-corrected chi connectivity index (χ2v) is 4.82. The van der Waals surface area contributed by atoms with E-state index in [9.17, 15) is 0 Å². The van der Waals surface area contributed by atoms with Gasteiger partial charge in [0.25, 0.3) is 0 Å². The van der Waals surface area contributed by atoms with Gasteiger partial charge in [-0.05, 0) is 0 Å². The van der Waals surface area contributed by atoms with Crippen LogP contribution in [0.1, 0.15) is 13.3 Å². The maximum Gasteiger partial charge on any atom is -0.0771 e. The fourth-order valence-corrected chi connectivity index (χ4v) is 2.40. The molecular formula is C21H24F2SiZr-4. The van der Waals surface area contributed by atoms with Crippen molar-refractivity contribution in [1.82, 2.24) is 0 Å². The third-order valence-electron chi connectivity index (χ3n) is 3.39. The Morgan fingerprint density at radius 3 is 1.64 bits per heavy atom. The molecule has 0 bridgehead atoms. The van der Waals surface area contributed by atoms with Crippen molar-refractivity contribution < 1.29 is 32.7 Å². The Labute approximate surface area is 167 Å². The van der Waals surface area contributed by atoms with Gasteiger partial charge < -0.3 is 14.9 Å². The minimum Gasteiger partial charge on any atom is -0.126 e. The Hall–Kier alpha value is -1.25. The van der Waals surface area contributed by atoms with E-state index >= 15 is 0 Å². The molecule has 0 spiro atoms. The normalized spacial score (nSPS) is 10.3. The number of fused-ring (bicyclic) bond motifs is 3. The van der Waals surface area contributed by atoms with Gasteiger partial charge in [-0.15, -0.1) is 53.1 Å². The van der Waals surface area contributed by atoms with Crippen LogP contribution in [0.15, 0.2) is 72.3 Å². The van der Waals surface area contributed by atoms with Crippen molar-refractivity contribution in [1.29, 1.82) is 0 Å². The zero-order chi connectivity index (χ0) is 15.1. The Bertz CT molecular complexity index is 738. The first-order valence-electron chi connectivity index (χ1n) is 6.86. The summed E-state index contributed by atoms with van der Waals surface area (Å²) in [5.74, 6) is 0. The van der Waals surface area contributed by atoms with E-state index in [0.717, 1.165) is 6.42 Å². The summed E-state index contributed by atoms with van der Waals surface area (Å²) in [5.41, 5.74) is 1.34. The standard InChI is InChI=1S/C13H9.C6H7.2CH3.2FH.Si.Zr/c1-3-7-12-10(5-1)9-11-6-2-4-8-13(11)12;1-6-4-2-3-5-6;;;;;;/h1-9H;4-5H,2H2,1H3;2*1H3;2*1H;;/q4*-1;;;;. The topological polar surface area (TPSA) is 0 Å². The smallest absolute Gasteiger partial charge is 0.0771 e. The van der Waals surface area contributed by atoms with Gasteiger partial charge in [-0.2, -0.15) is 6.08 Å². The predicted octanol–water partition coefficient (Wildman–Crippen LogP) is 6.23. The number of allylic oxidation sites excluding steroid dienone is 4. The molecule has 1 aliphatic rings. The van der Waals surface area contributed by atoms with Crippen LogP contribution in [0.4, 0.5) is 9.41 Å². The fraction of sp³-hybridized carbons (Fsp3) is 0.0952. The van der Waals surface area contributed by atoms with Crippen molar-refractivity contribution in [3.63, 3.8) is 0 Å². The molecule has 2 radical (unpaired) electrons. The average molecular weight is 434 g/mol. The summed E-state index contributed by atoms with van der Waals surface area (Å²) in [6.07, 6.45) is 8.24. The van der Waals surface area contributed by atoms with Crippen molar-refractivity contribution in [2.45, 2.75) is 13.3 Å². The third-order valence-corrected chi connectivity index (χ3v) is 3.39. The molecule has 0 nitrogen and oxygen atoms in total. The summed E-state index contributed by atoms with van der Waals surface area (Å²) in [6, 6.07) is 19.3. The molecule has 0 saturated carbocycles. The first-order chi connectivity index (χ1) is 10.3. The van der Waals surface area contributed by atoms with Crippen LogP contribution < -0.4 is 0 Å². The minimum atomic E-state index is 0. The van der Waals surface area contributed by atoms with Gasteiger partial charge in [-0.25, -0.2) is 11.6 Å². The molecule has 1 aliphatic carbocycles. The van der Waals surface area contributed by atoms with Crippen LogP contribution in [0.25, 0.3) is 21.5 Å². The summed E-state index contributed by atoms with van der Waals surface area (Å²) in [6.45, 7) is 5.15. The summed E-state index contributed by atoms with van der Waals surface area (Å²) in [7, 11) is 0. The quantitative estimate of drug-likeness (QED) is 0.291. The van der Waals surface area contributed by atoms with E-state index in [1.807, 2.05) is 6.08 Å². The zero-order valence-electron chi connectivity index (χ0n) is 14.9. The largest absolute Gasteiger partial charge is 0.126 e. The van der Waals surface area contributed by atoms with Gasteiger partial charge in [-0.3, -0.25) is 15.5 Å². The number of benzene rings is 2. The van der Waals surface area contributed by atoms with E-state index in [0.29, 0.717) is 0 Å². The Balaban J connectivity index is -0.000000354. The summed E-state index contributed by atoms with van der Waals surface area (Å²) >= 11 is 1.36. The second kappa shape index (κ2) is 15.0. The maximum absolute atomic E-state index is 3.06. The van der Waals surface area contributed by atoms with Crippen molar-refractivity contribution in [3.05, 3.63) is 93.3 Å². The van der Waals surface area contributed by atoms with Crippen molar-refractivity contribution in [2.24, 2.45) is 0 Å². The van der Waals surface area contributed by atoms with Gasteiger partial charge in [0, 0.05) is 0 Å². The number of hydrogen-bond donors (Lipinski definition) is 0. The Kier molecular flexibility index (Phi) is 17.2. The molecule has 0 atom stereocenters. The SMILES string of the molecule is CC1=CC[C-]=C1.F.F.[CH3-].[CH3-].[Si]=[Zr].c1ccc2c(c1)[cH-]c1ccccc12. The molecule has 4 heteroatoms. The van der Waals surface area contributed by atoms with Crippen LogP contribution >= 0.6 is 0 Å². The van der Waals surface area contributed by atoms with Crippen LogP contribution in [0, 0.1) is 20.9 Å². The van der Waals surface area contributed by atoms with Crippen LogP contribution in [-0.2, 0) is 23.3 Å². The Morgan fingerprint density at radius 2 is 1.32 bits per heavy atom. The summed E-state index contributed by atoms with van der Waals surface area (Å²) in [5, 5.41) is 5.39. The molecule has 134 valence electrons. The molecule has 0 unspecified atom stereocenters. The van der Waals surface area contributed by atoms with E-state index in [4.69, 9.17) is 0 Å². The first-order valence-corrected chi connectivity index (χ1v) is 11.0. The summed E-state index contributed by atoms with van der Waals surface area (Å²) < 4.78 is 0. The molecule has 0 aliphatic heterocycles. The maximum atomic E-state index is 3.06. The van der Waals surface area contributed by atoms with Gasteiger partial charge in [0.15, 0.2) is 0 Å². The molecular weight excluding hydrogens is 410 g/mol. The molecule has 0 aromatic heterocycles. The molecule has 3 aromatic carbocycles. The van der Waals surface area contributed by atoms with E-state index < -0.39 is 0 Å². The third kappa shape index (κ3) is 7.66. The Morgan fingerprint density at radius 1 is 0.880 bits per heavy atom. The predicted molar refractivity (Wildman–Crippen MR) is 107 cm³/mol. The van der Waals surface area contributed by atoms with E-state index in [2.05, 4.69) is 80.6 Å². The molecule has 3 aromatic rings. The van der Waals surface area contributed by atoms with E-state index in [1.165, 1.54) is 50.5 Å². The molecule has 0 N–H and O–H groups in total. The van der Waals surface area contributed by atoms with Gasteiger partial charge >= 0.3 is 30.2 Å². The molecule has 0 fully saturated rings. The van der Waals surface area contributed by atoms with Crippen LogP contribution in [0.2, 0.25) is 0 Å². The van der Waals surface area contributed by atoms with Crippen molar-refractivity contribution >= 4 is 28.4 Å². The van der Waals surface area contributed by atoms with Gasteiger partial charge in [0.1, 0.15) is 0 Å². The van der Waals surface area contributed by atoms with Crippen molar-refractivity contribution in [2.75, 3.05) is 0 Å². The first kappa shape index (κ1) is 28.5. The molecule has 0 amide bonds. The number of hydrogen-bond acceptors (Lipinski definition) is 0. The second-order valence-electron chi connectivity index (χ2n) is 4.82. The molecule has 0 heterocycles. The van der Waals surface area contributed by atoms with Gasteiger partial charge in [0.2, 0.25) is 0 Å². The van der Waals surface area contributed by atoms with Gasteiger partial charge in [0.05, 0.1) is 0 Å². The number of rotatable bonds is 0. The monoisotopic (exact) mass is 432 g/mol. The van der Waals surface area contributed by atoms with Crippen LogP contribution in [0.3, 0.4) is 0 Å². The fourth-order valence-electron chi connectivity index (χ4n) is 2.40. The van der Waals surface area contributed by atoms with Crippen LogP contribution in [0.5, 0.6) is 0 Å². The van der Waals surface area contributed by atoms with Gasteiger partial charge in [-0.1, -0.05) is 36.4 Å². The van der Waals surface area contributed by atoms with Crippen LogP contribution in [-0.4, -0.2) is 6.88 Å². The minimum absolute atomic E-state index is 0.